The van der Waals surface area contributed by atoms with E-state index in [0.29, 0.717) is 0 Å². The molecule has 0 spiro atoms. The Morgan fingerprint density at radius 1 is 1.26 bits per heavy atom. The van der Waals surface area contributed by atoms with Crippen LogP contribution in [0.4, 0.5) is 10.5 Å². The van der Waals surface area contributed by atoms with Crippen LogP contribution in [0.5, 0.6) is 0 Å². The molecular weight excluding hydrogens is 240 g/mol. The number of urea groups is 1. The van der Waals surface area contributed by atoms with Gasteiger partial charge in [0.2, 0.25) is 0 Å². The smallest absolute Gasteiger partial charge is 0.321 e. The van der Waals surface area contributed by atoms with E-state index in [-0.39, 0.29) is 12.6 Å². The quantitative estimate of drug-likeness (QED) is 0.876. The molecule has 0 saturated carbocycles. The van der Waals surface area contributed by atoms with E-state index < -0.39 is 0 Å². The van der Waals surface area contributed by atoms with Gasteiger partial charge in [0.05, 0.1) is 0 Å². The van der Waals surface area contributed by atoms with Gasteiger partial charge in [0.25, 0.3) is 0 Å². The maximum absolute atomic E-state index is 12.1. The number of piperidine rings is 1. The van der Waals surface area contributed by atoms with Gasteiger partial charge in [-0.3, -0.25) is 0 Å². The van der Waals surface area contributed by atoms with E-state index in [1.807, 2.05) is 29.2 Å². The zero-order valence-electron chi connectivity index (χ0n) is 11.3. The van der Waals surface area contributed by atoms with E-state index in [9.17, 15) is 4.79 Å². The molecule has 1 aliphatic rings. The molecular formula is C15H22N2O2. The highest BCUT2D eigenvalue weighted by Crippen LogP contribution is 2.15. The number of nitrogens with zero attached hydrogens (tertiary/aromatic N) is 1. The maximum atomic E-state index is 12.1. The fourth-order valence-corrected chi connectivity index (χ4v) is 2.39. The second kappa shape index (κ2) is 7.14. The number of aryl methyl sites for hydroxylation is 1. The molecule has 2 rings (SSSR count). The summed E-state index contributed by atoms with van der Waals surface area (Å²) in [5.41, 5.74) is 1.98. The molecule has 1 saturated heterocycles. The number of carbonyl (C=O) groups excluding carboxylic acids is 1. The molecule has 1 aromatic carbocycles. The Morgan fingerprint density at radius 3 is 2.79 bits per heavy atom. The minimum absolute atomic E-state index is 0.000918. The minimum Gasteiger partial charge on any atom is -0.396 e. The zero-order chi connectivity index (χ0) is 13.5. The topological polar surface area (TPSA) is 52.6 Å². The van der Waals surface area contributed by atoms with Crippen molar-refractivity contribution in [3.63, 3.8) is 0 Å². The summed E-state index contributed by atoms with van der Waals surface area (Å²) in [6.07, 6.45) is 5.02. The molecule has 0 bridgehead atoms. The number of carbonyl (C=O) groups is 1. The second-order valence-electron chi connectivity index (χ2n) is 5.01. The van der Waals surface area contributed by atoms with Crippen LogP contribution in [-0.4, -0.2) is 35.7 Å². The summed E-state index contributed by atoms with van der Waals surface area (Å²) in [5, 5.41) is 11.8. The number of rotatable bonds is 4. The molecule has 104 valence electrons. The largest absolute Gasteiger partial charge is 0.396 e. The highest BCUT2D eigenvalue weighted by Gasteiger charge is 2.16. The molecule has 1 aliphatic heterocycles. The summed E-state index contributed by atoms with van der Waals surface area (Å²) in [7, 11) is 0. The predicted octanol–water partition coefficient (Wildman–Crippen LogP) is 2.63. The number of anilines is 1. The van der Waals surface area contributed by atoms with Gasteiger partial charge in [-0.2, -0.15) is 0 Å². The van der Waals surface area contributed by atoms with E-state index in [2.05, 4.69) is 5.32 Å². The molecule has 1 heterocycles. The maximum Gasteiger partial charge on any atom is 0.321 e. The Hall–Kier alpha value is -1.55. The lowest BCUT2D eigenvalue weighted by molar-refractivity contribution is 0.200. The average molecular weight is 262 g/mol. The second-order valence-corrected chi connectivity index (χ2v) is 5.01. The number of aliphatic hydroxyl groups excluding tert-OH is 1. The van der Waals surface area contributed by atoms with Gasteiger partial charge in [0, 0.05) is 25.4 Å². The predicted molar refractivity (Wildman–Crippen MR) is 76.3 cm³/mol. The molecule has 19 heavy (non-hydrogen) atoms. The number of benzene rings is 1. The minimum atomic E-state index is -0.000918. The normalized spacial score (nSPS) is 15.3. The van der Waals surface area contributed by atoms with Crippen LogP contribution < -0.4 is 5.32 Å². The number of nitrogens with one attached hydrogen (secondary N) is 1. The van der Waals surface area contributed by atoms with E-state index in [4.69, 9.17) is 5.11 Å². The van der Waals surface area contributed by atoms with Crippen LogP contribution in [0, 0.1) is 0 Å². The first-order valence-electron chi connectivity index (χ1n) is 7.05. The molecule has 0 aromatic heterocycles. The van der Waals surface area contributed by atoms with E-state index in [0.717, 1.165) is 50.0 Å². The van der Waals surface area contributed by atoms with Crippen molar-refractivity contribution in [2.45, 2.75) is 32.1 Å². The molecule has 0 aliphatic carbocycles. The van der Waals surface area contributed by atoms with Crippen LogP contribution in [-0.2, 0) is 6.42 Å². The Bertz CT molecular complexity index is 414. The average Bonchev–Trinajstić information content (AvgIpc) is 2.46. The van der Waals surface area contributed by atoms with Crippen LogP contribution in [0.2, 0.25) is 0 Å². The Kier molecular flexibility index (Phi) is 5.21. The van der Waals surface area contributed by atoms with Gasteiger partial charge in [0.15, 0.2) is 0 Å². The summed E-state index contributed by atoms with van der Waals surface area (Å²) < 4.78 is 0. The lowest BCUT2D eigenvalue weighted by atomic mass is 10.1. The lowest BCUT2D eigenvalue weighted by Crippen LogP contribution is -2.38. The lowest BCUT2D eigenvalue weighted by Gasteiger charge is -2.26. The first-order chi connectivity index (χ1) is 9.29. The fraction of sp³-hybridized carbons (Fsp3) is 0.533. The third-order valence-electron chi connectivity index (χ3n) is 3.45. The Balaban J connectivity index is 1.92. The SMILES string of the molecule is O=C(Nc1cccc(CCCO)c1)N1CCCCC1. The first kappa shape index (κ1) is 13.9. The van der Waals surface area contributed by atoms with Crippen LogP contribution in [0.1, 0.15) is 31.2 Å². The fourth-order valence-electron chi connectivity index (χ4n) is 2.39. The van der Waals surface area contributed by atoms with Crippen LogP contribution in [0.25, 0.3) is 0 Å². The molecule has 0 radical (unpaired) electrons. The van der Waals surface area contributed by atoms with Crippen molar-refractivity contribution in [2.24, 2.45) is 0 Å². The molecule has 4 nitrogen and oxygen atoms in total. The van der Waals surface area contributed by atoms with Gasteiger partial charge < -0.3 is 15.3 Å². The number of likely N-dealkylation sites (tertiary alicyclic amines) is 1. The van der Waals surface area contributed by atoms with Crippen molar-refractivity contribution in [3.8, 4) is 0 Å². The van der Waals surface area contributed by atoms with Crippen LogP contribution in [0.3, 0.4) is 0 Å². The number of aliphatic hydroxyl groups is 1. The summed E-state index contributed by atoms with van der Waals surface area (Å²) in [5.74, 6) is 0. The first-order valence-corrected chi connectivity index (χ1v) is 7.05. The Morgan fingerprint density at radius 2 is 2.05 bits per heavy atom. The standard InChI is InChI=1S/C15H22N2O2/c18-11-5-7-13-6-4-8-14(12-13)16-15(19)17-9-2-1-3-10-17/h4,6,8,12,18H,1-3,5,7,9-11H2,(H,16,19). The van der Waals surface area contributed by atoms with E-state index in [1.54, 1.807) is 0 Å². The van der Waals surface area contributed by atoms with Crippen molar-refractivity contribution in [3.05, 3.63) is 29.8 Å². The summed E-state index contributed by atoms with van der Waals surface area (Å²) in [6, 6.07) is 7.85. The number of hydrogen-bond acceptors (Lipinski definition) is 2. The van der Waals surface area contributed by atoms with Crippen LogP contribution in [0.15, 0.2) is 24.3 Å². The summed E-state index contributed by atoms with van der Waals surface area (Å²) in [6.45, 7) is 1.91. The van der Waals surface area contributed by atoms with Crippen molar-refractivity contribution in [1.29, 1.82) is 0 Å². The summed E-state index contributed by atoms with van der Waals surface area (Å²) in [4.78, 5) is 13.9. The van der Waals surface area contributed by atoms with E-state index in [1.165, 1.54) is 6.42 Å². The molecule has 1 aromatic rings. The molecule has 4 heteroatoms. The van der Waals surface area contributed by atoms with Crippen LogP contribution >= 0.6 is 0 Å². The molecule has 0 unspecified atom stereocenters. The van der Waals surface area contributed by atoms with Crippen molar-refractivity contribution in [2.75, 3.05) is 25.0 Å². The van der Waals surface area contributed by atoms with Gasteiger partial charge in [-0.25, -0.2) is 4.79 Å². The summed E-state index contributed by atoms with van der Waals surface area (Å²) >= 11 is 0. The van der Waals surface area contributed by atoms with Gasteiger partial charge in [0.1, 0.15) is 0 Å². The molecule has 2 amide bonds. The van der Waals surface area contributed by atoms with Crippen molar-refractivity contribution >= 4 is 11.7 Å². The molecule has 1 fully saturated rings. The highest BCUT2D eigenvalue weighted by atomic mass is 16.2. The van der Waals surface area contributed by atoms with Gasteiger partial charge in [-0.05, 0) is 49.8 Å². The highest BCUT2D eigenvalue weighted by molar-refractivity contribution is 5.89. The zero-order valence-corrected chi connectivity index (χ0v) is 11.3. The molecule has 0 atom stereocenters. The van der Waals surface area contributed by atoms with E-state index >= 15 is 0 Å². The van der Waals surface area contributed by atoms with Gasteiger partial charge in [-0.1, -0.05) is 12.1 Å². The number of amides is 2. The molecule has 2 N–H and O–H groups in total. The number of hydrogen-bond donors (Lipinski definition) is 2. The van der Waals surface area contributed by atoms with Crippen molar-refractivity contribution < 1.29 is 9.90 Å². The third kappa shape index (κ3) is 4.24. The monoisotopic (exact) mass is 262 g/mol. The van der Waals surface area contributed by atoms with Gasteiger partial charge in [-0.15, -0.1) is 0 Å². The van der Waals surface area contributed by atoms with Gasteiger partial charge >= 0.3 is 6.03 Å². The Labute approximate surface area is 114 Å². The third-order valence-corrected chi connectivity index (χ3v) is 3.45. The van der Waals surface area contributed by atoms with Crippen molar-refractivity contribution in [1.82, 2.24) is 4.90 Å².